The molecule has 3 N–H and O–H groups in total. The molecular formula is C23H36N2O5S. The summed E-state index contributed by atoms with van der Waals surface area (Å²) in [6.45, 7) is 7.63. The highest BCUT2D eigenvalue weighted by atomic mass is 32.2. The number of hydrogen-bond donors (Lipinski definition) is 2. The molecule has 0 aliphatic carbocycles. The zero-order valence-electron chi connectivity index (χ0n) is 18.9. The molecule has 0 saturated carbocycles. The molecule has 1 atom stereocenters. The lowest BCUT2D eigenvalue weighted by atomic mass is 9.87. The Balaban J connectivity index is 1.91. The molecular weight excluding hydrogens is 416 g/mol. The van der Waals surface area contributed by atoms with E-state index < -0.39 is 20.2 Å². The summed E-state index contributed by atoms with van der Waals surface area (Å²) in [6.07, 6.45) is 3.08. The summed E-state index contributed by atoms with van der Waals surface area (Å²) in [5.41, 5.74) is 5.28. The fourth-order valence-corrected chi connectivity index (χ4v) is 6.04. The highest BCUT2D eigenvalue weighted by Gasteiger charge is 2.46. The van der Waals surface area contributed by atoms with Gasteiger partial charge >= 0.3 is 0 Å². The van der Waals surface area contributed by atoms with Gasteiger partial charge in [0, 0.05) is 39.6 Å². The summed E-state index contributed by atoms with van der Waals surface area (Å²) >= 11 is 0. The largest absolute Gasteiger partial charge is 0.494 e. The normalized spacial score (nSPS) is 18.0. The number of nitrogens with one attached hydrogen (secondary N) is 1. The summed E-state index contributed by atoms with van der Waals surface area (Å²) < 4.78 is 23.4. The Hall–Kier alpha value is -2.06. The fraction of sp³-hybridized carbons (Fsp3) is 0.609. The van der Waals surface area contributed by atoms with E-state index in [1.807, 2.05) is 13.8 Å². The first-order valence-corrected chi connectivity index (χ1v) is 12.6. The number of primary amides is 1. The van der Waals surface area contributed by atoms with Gasteiger partial charge in [-0.1, -0.05) is 27.2 Å². The van der Waals surface area contributed by atoms with Crippen molar-refractivity contribution in [2.24, 2.45) is 11.1 Å². The molecule has 0 spiro atoms. The van der Waals surface area contributed by atoms with Gasteiger partial charge in [0.2, 0.25) is 11.8 Å². The lowest BCUT2D eigenvalue weighted by Crippen LogP contribution is -2.53. The quantitative estimate of drug-likeness (QED) is 0.396. The molecule has 1 saturated heterocycles. The Labute approximate surface area is 186 Å². The first-order valence-electron chi connectivity index (χ1n) is 10.8. The number of amides is 2. The van der Waals surface area contributed by atoms with E-state index in [-0.39, 0.29) is 11.3 Å². The van der Waals surface area contributed by atoms with Crippen LogP contribution in [0, 0.1) is 5.41 Å². The Bertz CT molecular complexity index is 856. The average Bonchev–Trinajstić information content (AvgIpc) is 2.74. The van der Waals surface area contributed by atoms with Crippen LogP contribution in [-0.4, -0.2) is 53.0 Å². The van der Waals surface area contributed by atoms with Gasteiger partial charge in [-0.2, -0.15) is 0 Å². The summed E-state index contributed by atoms with van der Waals surface area (Å²) in [6, 6.07) is 6.80. The number of rotatable bonds is 11. The molecule has 2 amide bonds. The monoisotopic (exact) mass is 452 g/mol. The van der Waals surface area contributed by atoms with Crippen LogP contribution >= 0.6 is 0 Å². The van der Waals surface area contributed by atoms with Gasteiger partial charge in [0.25, 0.3) is 0 Å². The van der Waals surface area contributed by atoms with Crippen molar-refractivity contribution >= 4 is 27.2 Å². The molecule has 31 heavy (non-hydrogen) atoms. The summed E-state index contributed by atoms with van der Waals surface area (Å²) in [7, 11) is -2.95. The van der Waals surface area contributed by atoms with Crippen LogP contribution in [-0.2, 0) is 23.8 Å². The molecule has 1 unspecified atom stereocenters. The predicted octanol–water partition coefficient (Wildman–Crippen LogP) is 2.51. The second kappa shape index (κ2) is 10.5. The van der Waals surface area contributed by atoms with Gasteiger partial charge in [0.05, 0.1) is 6.61 Å². The zero-order chi connectivity index (χ0) is 23.1. The molecule has 0 radical (unpaired) electrons. The van der Waals surface area contributed by atoms with Gasteiger partial charge in [-0.05, 0) is 55.8 Å². The Morgan fingerprint density at radius 2 is 1.87 bits per heavy atom. The minimum Gasteiger partial charge on any atom is -0.494 e. The molecule has 1 heterocycles. The van der Waals surface area contributed by atoms with Crippen LogP contribution in [0.3, 0.4) is 0 Å². The van der Waals surface area contributed by atoms with Crippen molar-refractivity contribution in [3.8, 4) is 5.75 Å². The molecule has 0 bridgehead atoms. The van der Waals surface area contributed by atoms with Crippen LogP contribution in [0.2, 0.25) is 0 Å². The Morgan fingerprint density at radius 3 is 2.42 bits per heavy atom. The van der Waals surface area contributed by atoms with Crippen molar-refractivity contribution in [1.29, 1.82) is 0 Å². The molecule has 174 valence electrons. The molecule has 7 nitrogen and oxygen atoms in total. The molecule has 1 aliphatic rings. The fourth-order valence-electron chi connectivity index (χ4n) is 3.86. The first kappa shape index (κ1) is 25.2. The molecule has 2 rings (SSSR count). The van der Waals surface area contributed by atoms with E-state index in [9.17, 15) is 13.8 Å². The van der Waals surface area contributed by atoms with Crippen molar-refractivity contribution in [3.05, 3.63) is 24.3 Å². The van der Waals surface area contributed by atoms with Crippen molar-refractivity contribution in [3.63, 3.8) is 0 Å². The van der Waals surface area contributed by atoms with E-state index in [1.54, 1.807) is 24.3 Å². The van der Waals surface area contributed by atoms with E-state index in [4.69, 9.17) is 15.2 Å². The summed E-state index contributed by atoms with van der Waals surface area (Å²) in [4.78, 5) is 24.9. The maximum absolute atomic E-state index is 13.6. The third kappa shape index (κ3) is 5.80. The van der Waals surface area contributed by atoms with Crippen LogP contribution in [0.4, 0.5) is 0 Å². The van der Waals surface area contributed by atoms with Crippen LogP contribution in [0.25, 0.3) is 0 Å². The second-order valence-corrected chi connectivity index (χ2v) is 11.3. The standard InChI is InChI=1S/C23H36N2O5S/c1-5-11-22(2,3)21(27)25-14-6-15-30-18-7-9-19(10-8-18)31(4,28)23(20(24)26)12-16-29-17-13-23/h7-10H,4-6,11-17H2,1-3H3,(H2,24,26)(H,25,27). The third-order valence-electron chi connectivity index (χ3n) is 5.95. The van der Waals surface area contributed by atoms with Gasteiger partial charge < -0.3 is 20.5 Å². The lowest BCUT2D eigenvalue weighted by Gasteiger charge is -2.37. The molecule has 1 fully saturated rings. The average molecular weight is 453 g/mol. The highest BCUT2D eigenvalue weighted by molar-refractivity contribution is 8.02. The van der Waals surface area contributed by atoms with Gasteiger partial charge in [-0.25, -0.2) is 0 Å². The SMILES string of the molecule is C=S(=O)(c1ccc(OCCCNC(=O)C(C)(C)CCC)cc1)C1(C(N)=O)CCOCC1. The maximum atomic E-state index is 13.6. The van der Waals surface area contributed by atoms with Crippen molar-refractivity contribution in [1.82, 2.24) is 5.32 Å². The van der Waals surface area contributed by atoms with Crippen LogP contribution in [0.1, 0.15) is 52.9 Å². The van der Waals surface area contributed by atoms with Crippen molar-refractivity contribution in [2.75, 3.05) is 26.4 Å². The zero-order valence-corrected chi connectivity index (χ0v) is 19.7. The van der Waals surface area contributed by atoms with Crippen LogP contribution in [0.15, 0.2) is 29.2 Å². The number of benzene rings is 1. The molecule has 1 aromatic carbocycles. The topological polar surface area (TPSA) is 108 Å². The molecule has 1 aliphatic heterocycles. The van der Waals surface area contributed by atoms with Gasteiger partial charge in [0.15, 0.2) is 0 Å². The highest BCUT2D eigenvalue weighted by Crippen LogP contribution is 2.35. The maximum Gasteiger partial charge on any atom is 0.236 e. The van der Waals surface area contributed by atoms with E-state index in [0.717, 1.165) is 12.8 Å². The predicted molar refractivity (Wildman–Crippen MR) is 124 cm³/mol. The van der Waals surface area contributed by atoms with E-state index in [2.05, 4.69) is 18.1 Å². The van der Waals surface area contributed by atoms with Crippen molar-refractivity contribution < 1.29 is 23.3 Å². The minimum atomic E-state index is -2.95. The third-order valence-corrected chi connectivity index (χ3v) is 8.86. The second-order valence-electron chi connectivity index (χ2n) is 8.71. The Morgan fingerprint density at radius 1 is 1.26 bits per heavy atom. The summed E-state index contributed by atoms with van der Waals surface area (Å²) in [5.74, 6) is 3.99. The van der Waals surface area contributed by atoms with Crippen molar-refractivity contribution in [2.45, 2.75) is 62.5 Å². The summed E-state index contributed by atoms with van der Waals surface area (Å²) in [5, 5.41) is 2.95. The minimum absolute atomic E-state index is 0.0559. The van der Waals surface area contributed by atoms with Gasteiger partial charge in [0.1, 0.15) is 10.5 Å². The van der Waals surface area contributed by atoms with E-state index in [1.165, 1.54) is 0 Å². The van der Waals surface area contributed by atoms with Gasteiger partial charge in [-0.15, -0.1) is 0 Å². The van der Waals surface area contributed by atoms with Crippen LogP contribution in [0.5, 0.6) is 5.75 Å². The number of ether oxygens (including phenoxy) is 2. The molecule has 0 aromatic heterocycles. The lowest BCUT2D eigenvalue weighted by molar-refractivity contribution is -0.129. The smallest absolute Gasteiger partial charge is 0.236 e. The molecule has 8 heteroatoms. The van der Waals surface area contributed by atoms with E-state index >= 15 is 0 Å². The van der Waals surface area contributed by atoms with E-state index in [0.29, 0.717) is 56.3 Å². The number of hydrogen-bond acceptors (Lipinski definition) is 5. The molecule has 1 aromatic rings. The number of carbonyl (C=O) groups excluding carboxylic acids is 2. The number of nitrogens with two attached hydrogens (primary N) is 1. The van der Waals surface area contributed by atoms with Gasteiger partial charge in [-0.3, -0.25) is 13.8 Å². The number of carbonyl (C=O) groups is 2. The first-order chi connectivity index (χ1) is 14.6. The Kier molecular flexibility index (Phi) is 8.54. The van der Waals surface area contributed by atoms with Crippen LogP contribution < -0.4 is 15.8 Å².